The van der Waals surface area contributed by atoms with E-state index in [4.69, 9.17) is 16.3 Å². The Bertz CT molecular complexity index is 1040. The SMILES string of the molecule is CC(=O)c1ccccc1OCC(O)CNc1ccc(Cl)cc1C(=O)c1ccccc1. The normalized spacial score (nSPS) is 11.6. The van der Waals surface area contributed by atoms with Gasteiger partial charge in [0.1, 0.15) is 18.5 Å². The van der Waals surface area contributed by atoms with E-state index in [1.165, 1.54) is 6.92 Å². The predicted octanol–water partition coefficient (Wildman–Crippen LogP) is 4.63. The summed E-state index contributed by atoms with van der Waals surface area (Å²) in [7, 11) is 0. The Labute approximate surface area is 180 Å². The summed E-state index contributed by atoms with van der Waals surface area (Å²) >= 11 is 6.09. The van der Waals surface area contributed by atoms with Gasteiger partial charge >= 0.3 is 0 Å². The molecule has 0 heterocycles. The molecule has 0 aliphatic rings. The number of ether oxygens (including phenoxy) is 1. The van der Waals surface area contributed by atoms with E-state index in [9.17, 15) is 14.7 Å². The molecule has 1 unspecified atom stereocenters. The summed E-state index contributed by atoms with van der Waals surface area (Å²) in [6.07, 6.45) is -0.861. The third kappa shape index (κ3) is 5.47. The summed E-state index contributed by atoms with van der Waals surface area (Å²) in [6, 6.07) is 20.8. The molecule has 1 atom stereocenters. The van der Waals surface area contributed by atoms with Crippen LogP contribution in [0.25, 0.3) is 0 Å². The number of anilines is 1. The first-order valence-electron chi connectivity index (χ1n) is 9.49. The first-order chi connectivity index (χ1) is 14.5. The lowest BCUT2D eigenvalue weighted by Gasteiger charge is -2.17. The molecular formula is C24H22ClNO4. The number of aliphatic hydroxyl groups is 1. The second kappa shape index (κ2) is 10.1. The number of Topliss-reactive ketones (excluding diaryl/α,β-unsaturated/α-hetero) is 1. The number of carbonyl (C=O) groups is 2. The van der Waals surface area contributed by atoms with E-state index in [0.717, 1.165) is 0 Å². The van der Waals surface area contributed by atoms with Gasteiger partial charge in [-0.2, -0.15) is 0 Å². The van der Waals surface area contributed by atoms with Crippen molar-refractivity contribution in [2.24, 2.45) is 0 Å². The van der Waals surface area contributed by atoms with Gasteiger partial charge in [0.15, 0.2) is 11.6 Å². The van der Waals surface area contributed by atoms with Crippen molar-refractivity contribution in [2.75, 3.05) is 18.5 Å². The molecule has 0 saturated heterocycles. The lowest BCUT2D eigenvalue weighted by atomic mass is 10.0. The number of halogens is 1. The highest BCUT2D eigenvalue weighted by molar-refractivity contribution is 6.31. The van der Waals surface area contributed by atoms with Crippen LogP contribution in [0, 0.1) is 0 Å². The van der Waals surface area contributed by atoms with E-state index in [-0.39, 0.29) is 24.7 Å². The van der Waals surface area contributed by atoms with Crippen molar-refractivity contribution in [1.29, 1.82) is 0 Å². The Morgan fingerprint density at radius 2 is 1.70 bits per heavy atom. The Morgan fingerprint density at radius 3 is 2.43 bits per heavy atom. The highest BCUT2D eigenvalue weighted by Crippen LogP contribution is 2.24. The van der Waals surface area contributed by atoms with Crippen LogP contribution in [0.1, 0.15) is 33.2 Å². The van der Waals surface area contributed by atoms with Gasteiger partial charge in [0.05, 0.1) is 5.56 Å². The molecule has 0 radical (unpaired) electrons. The standard InChI is InChI=1S/C24H22ClNO4/c1-16(27)20-9-5-6-10-23(20)30-15-19(28)14-26-22-12-11-18(25)13-21(22)24(29)17-7-3-2-4-8-17/h2-13,19,26,28H,14-15H2,1H3. The zero-order chi connectivity index (χ0) is 21.5. The number of carbonyl (C=O) groups excluding carboxylic acids is 2. The fraction of sp³-hybridized carbons (Fsp3) is 0.167. The number of benzene rings is 3. The van der Waals surface area contributed by atoms with Gasteiger partial charge in [0, 0.05) is 28.4 Å². The molecule has 3 aromatic carbocycles. The van der Waals surface area contributed by atoms with Crippen molar-refractivity contribution < 1.29 is 19.4 Å². The van der Waals surface area contributed by atoms with E-state index in [1.807, 2.05) is 6.07 Å². The Morgan fingerprint density at radius 1 is 1.00 bits per heavy atom. The highest BCUT2D eigenvalue weighted by Gasteiger charge is 2.16. The lowest BCUT2D eigenvalue weighted by molar-refractivity contribution is 0.0991. The number of para-hydroxylation sites is 1. The topological polar surface area (TPSA) is 75.6 Å². The van der Waals surface area contributed by atoms with Gasteiger partial charge in [-0.25, -0.2) is 0 Å². The van der Waals surface area contributed by atoms with Crippen molar-refractivity contribution >= 4 is 28.9 Å². The van der Waals surface area contributed by atoms with Crippen LogP contribution in [0.3, 0.4) is 0 Å². The van der Waals surface area contributed by atoms with E-state index in [1.54, 1.807) is 66.7 Å². The van der Waals surface area contributed by atoms with E-state index < -0.39 is 6.10 Å². The fourth-order valence-electron chi connectivity index (χ4n) is 2.96. The molecular weight excluding hydrogens is 402 g/mol. The Kier molecular flexibility index (Phi) is 7.22. The van der Waals surface area contributed by atoms with Gasteiger partial charge in [-0.15, -0.1) is 0 Å². The minimum atomic E-state index is -0.861. The average Bonchev–Trinajstić information content (AvgIpc) is 2.77. The molecule has 5 nitrogen and oxygen atoms in total. The molecule has 30 heavy (non-hydrogen) atoms. The Hall–Kier alpha value is -3.15. The molecule has 0 spiro atoms. The predicted molar refractivity (Wildman–Crippen MR) is 118 cm³/mol. The quantitative estimate of drug-likeness (QED) is 0.491. The van der Waals surface area contributed by atoms with Crippen LogP contribution in [0.15, 0.2) is 72.8 Å². The molecule has 0 aliphatic carbocycles. The van der Waals surface area contributed by atoms with Crippen LogP contribution < -0.4 is 10.1 Å². The summed E-state index contributed by atoms with van der Waals surface area (Å²) < 4.78 is 5.62. The molecule has 2 N–H and O–H groups in total. The van der Waals surface area contributed by atoms with Crippen LogP contribution in [-0.4, -0.2) is 35.9 Å². The maximum Gasteiger partial charge on any atom is 0.195 e. The monoisotopic (exact) mass is 423 g/mol. The number of rotatable bonds is 9. The van der Waals surface area contributed by atoms with E-state index in [2.05, 4.69) is 5.32 Å². The van der Waals surface area contributed by atoms with E-state index >= 15 is 0 Å². The maximum absolute atomic E-state index is 12.9. The van der Waals surface area contributed by atoms with Crippen molar-refractivity contribution in [3.8, 4) is 5.75 Å². The zero-order valence-corrected chi connectivity index (χ0v) is 17.2. The smallest absolute Gasteiger partial charge is 0.195 e. The molecule has 154 valence electrons. The average molecular weight is 424 g/mol. The largest absolute Gasteiger partial charge is 0.490 e. The van der Waals surface area contributed by atoms with Gasteiger partial charge in [-0.05, 0) is 37.3 Å². The maximum atomic E-state index is 12.9. The van der Waals surface area contributed by atoms with Gasteiger partial charge < -0.3 is 15.2 Å². The fourth-order valence-corrected chi connectivity index (χ4v) is 3.13. The number of nitrogens with one attached hydrogen (secondary N) is 1. The summed E-state index contributed by atoms with van der Waals surface area (Å²) in [5.41, 5.74) is 2.00. The highest BCUT2D eigenvalue weighted by atomic mass is 35.5. The van der Waals surface area contributed by atoms with Gasteiger partial charge in [0.25, 0.3) is 0 Å². The van der Waals surface area contributed by atoms with Crippen molar-refractivity contribution in [2.45, 2.75) is 13.0 Å². The van der Waals surface area contributed by atoms with Gasteiger partial charge in [0.2, 0.25) is 0 Å². The molecule has 0 bridgehead atoms. The van der Waals surface area contributed by atoms with Crippen LogP contribution >= 0.6 is 11.6 Å². The van der Waals surface area contributed by atoms with E-state index in [0.29, 0.717) is 33.1 Å². The number of hydrogen-bond donors (Lipinski definition) is 2. The first-order valence-corrected chi connectivity index (χ1v) is 9.87. The molecule has 0 aliphatic heterocycles. The van der Waals surface area contributed by atoms with Gasteiger partial charge in [-0.1, -0.05) is 54.1 Å². The first kappa shape index (κ1) is 21.6. The molecule has 3 rings (SSSR count). The molecule has 6 heteroatoms. The van der Waals surface area contributed by atoms with Crippen molar-refractivity contribution in [1.82, 2.24) is 0 Å². The van der Waals surface area contributed by atoms with Crippen LogP contribution in [0.5, 0.6) is 5.75 Å². The minimum Gasteiger partial charge on any atom is -0.490 e. The Balaban J connectivity index is 1.66. The molecule has 3 aromatic rings. The number of aliphatic hydroxyl groups excluding tert-OH is 1. The van der Waals surface area contributed by atoms with Crippen molar-refractivity contribution in [3.63, 3.8) is 0 Å². The lowest BCUT2D eigenvalue weighted by Crippen LogP contribution is -2.27. The summed E-state index contributed by atoms with van der Waals surface area (Å²) in [5, 5.41) is 13.9. The van der Waals surface area contributed by atoms with Crippen LogP contribution in [0.2, 0.25) is 5.02 Å². The minimum absolute atomic E-state index is 0.00710. The summed E-state index contributed by atoms with van der Waals surface area (Å²) in [6.45, 7) is 1.61. The number of ketones is 2. The van der Waals surface area contributed by atoms with Gasteiger partial charge in [-0.3, -0.25) is 9.59 Å². The number of hydrogen-bond acceptors (Lipinski definition) is 5. The summed E-state index contributed by atoms with van der Waals surface area (Å²) in [5.74, 6) is 0.153. The third-order valence-corrected chi connectivity index (χ3v) is 4.72. The molecule has 0 fully saturated rings. The van der Waals surface area contributed by atoms with Crippen LogP contribution in [0.4, 0.5) is 5.69 Å². The molecule has 0 amide bonds. The summed E-state index contributed by atoms with van der Waals surface area (Å²) in [4.78, 5) is 24.5. The van der Waals surface area contributed by atoms with Crippen LogP contribution in [-0.2, 0) is 0 Å². The second-order valence-electron chi connectivity index (χ2n) is 6.78. The zero-order valence-electron chi connectivity index (χ0n) is 16.5. The molecule has 0 aromatic heterocycles. The molecule has 0 saturated carbocycles. The second-order valence-corrected chi connectivity index (χ2v) is 7.22. The third-order valence-electron chi connectivity index (χ3n) is 4.49. The van der Waals surface area contributed by atoms with Crippen molar-refractivity contribution in [3.05, 3.63) is 94.5 Å².